The molecule has 0 saturated carbocycles. The molecule has 8 heteroatoms. The fraction of sp³-hybridized carbons (Fsp3) is 0.167. The molecule has 3 aromatic rings. The largest absolute Gasteiger partial charge is 0.480 e. The van der Waals surface area contributed by atoms with Crippen molar-refractivity contribution in [2.24, 2.45) is 5.11 Å². The van der Waals surface area contributed by atoms with Gasteiger partial charge >= 0.3 is 12.1 Å². The van der Waals surface area contributed by atoms with E-state index in [1.54, 1.807) is 24.3 Å². The number of carbonyl (C=O) groups excluding carboxylic acids is 1. The SMILES string of the molecule is [N-]=[N+]=Nc1cccc(C[C@H](NC(=O)OCC2c3ccccc3-c3ccccc32)C(=O)O)c1. The van der Waals surface area contributed by atoms with Crippen molar-refractivity contribution in [2.45, 2.75) is 18.4 Å². The Kier molecular flexibility index (Phi) is 6.05. The highest BCUT2D eigenvalue weighted by Crippen LogP contribution is 2.44. The number of carbonyl (C=O) groups is 2. The van der Waals surface area contributed by atoms with Gasteiger partial charge < -0.3 is 15.2 Å². The Labute approximate surface area is 184 Å². The molecule has 3 aromatic carbocycles. The number of alkyl carbamates (subject to hydrolysis) is 1. The van der Waals surface area contributed by atoms with Crippen molar-refractivity contribution in [3.8, 4) is 11.1 Å². The summed E-state index contributed by atoms with van der Waals surface area (Å²) < 4.78 is 5.44. The number of aliphatic carboxylic acids is 1. The minimum Gasteiger partial charge on any atom is -0.480 e. The molecule has 0 spiro atoms. The first kappa shape index (κ1) is 21.0. The molecule has 0 aromatic heterocycles. The predicted octanol–water partition coefficient (Wildman–Crippen LogP) is 5.16. The van der Waals surface area contributed by atoms with Crippen LogP contribution in [0.15, 0.2) is 77.9 Å². The number of carboxylic acid groups (broad SMARTS) is 1. The zero-order valence-corrected chi connectivity index (χ0v) is 17.0. The van der Waals surface area contributed by atoms with Crippen molar-refractivity contribution < 1.29 is 19.4 Å². The van der Waals surface area contributed by atoms with E-state index in [0.29, 0.717) is 11.3 Å². The molecule has 1 amide bonds. The maximum absolute atomic E-state index is 12.4. The first-order valence-corrected chi connectivity index (χ1v) is 10.0. The molecule has 1 aliphatic rings. The Morgan fingerprint density at radius 2 is 1.69 bits per heavy atom. The number of nitrogens with zero attached hydrogens (tertiary/aromatic N) is 3. The van der Waals surface area contributed by atoms with Crippen LogP contribution in [0.4, 0.5) is 10.5 Å². The van der Waals surface area contributed by atoms with Crippen LogP contribution in [0.5, 0.6) is 0 Å². The Bertz CT molecular complexity index is 1170. The number of carboxylic acids is 1. The van der Waals surface area contributed by atoms with Gasteiger partial charge in [0.1, 0.15) is 12.6 Å². The topological polar surface area (TPSA) is 124 Å². The minimum absolute atomic E-state index is 0.0221. The van der Waals surface area contributed by atoms with Crippen molar-refractivity contribution in [1.82, 2.24) is 5.32 Å². The van der Waals surface area contributed by atoms with Crippen LogP contribution in [0.2, 0.25) is 0 Å². The molecule has 1 atom stereocenters. The summed E-state index contributed by atoms with van der Waals surface area (Å²) in [5.41, 5.74) is 13.9. The number of nitrogens with one attached hydrogen (secondary N) is 1. The van der Waals surface area contributed by atoms with Gasteiger partial charge in [-0.05, 0) is 39.4 Å². The Balaban J connectivity index is 1.43. The van der Waals surface area contributed by atoms with Crippen LogP contribution in [-0.2, 0) is 16.0 Å². The summed E-state index contributed by atoms with van der Waals surface area (Å²) in [6.07, 6.45) is -0.778. The van der Waals surface area contributed by atoms with E-state index in [1.165, 1.54) is 0 Å². The van der Waals surface area contributed by atoms with E-state index >= 15 is 0 Å². The lowest BCUT2D eigenvalue weighted by Crippen LogP contribution is -2.42. The zero-order valence-electron chi connectivity index (χ0n) is 17.0. The lowest BCUT2D eigenvalue weighted by molar-refractivity contribution is -0.139. The summed E-state index contributed by atoms with van der Waals surface area (Å²) in [4.78, 5) is 26.8. The van der Waals surface area contributed by atoms with Crippen LogP contribution >= 0.6 is 0 Å². The molecular weight excluding hydrogens is 408 g/mol. The second-order valence-corrected chi connectivity index (χ2v) is 7.42. The van der Waals surface area contributed by atoms with Crippen molar-refractivity contribution in [2.75, 3.05) is 6.61 Å². The number of ether oxygens (including phenoxy) is 1. The van der Waals surface area contributed by atoms with Gasteiger partial charge in [-0.1, -0.05) is 71.8 Å². The highest BCUT2D eigenvalue weighted by Gasteiger charge is 2.29. The summed E-state index contributed by atoms with van der Waals surface area (Å²) in [6, 6.07) is 21.3. The fourth-order valence-corrected chi connectivity index (χ4v) is 4.02. The molecular formula is C24H20N4O4. The maximum atomic E-state index is 12.4. The standard InChI is InChI=1S/C24H20N4O4/c25-28-27-16-7-5-6-15(12-16)13-22(23(29)30)26-24(31)32-14-21-19-10-3-1-8-17(19)18-9-2-4-11-20(18)21/h1-12,21-22H,13-14H2,(H,26,31)(H,29,30)/t22-/m0/s1. The van der Waals surface area contributed by atoms with Crippen LogP contribution in [0.1, 0.15) is 22.6 Å². The first-order valence-electron chi connectivity index (χ1n) is 10.0. The Morgan fingerprint density at radius 1 is 1.03 bits per heavy atom. The number of hydrogen-bond acceptors (Lipinski definition) is 4. The lowest BCUT2D eigenvalue weighted by atomic mass is 9.98. The fourth-order valence-electron chi connectivity index (χ4n) is 4.02. The van der Waals surface area contributed by atoms with Gasteiger partial charge in [0.25, 0.3) is 0 Å². The van der Waals surface area contributed by atoms with E-state index in [-0.39, 0.29) is 18.9 Å². The summed E-state index contributed by atoms with van der Waals surface area (Å²) in [7, 11) is 0. The lowest BCUT2D eigenvalue weighted by Gasteiger charge is -2.17. The van der Waals surface area contributed by atoms with Gasteiger partial charge in [-0.2, -0.15) is 0 Å². The van der Waals surface area contributed by atoms with Crippen LogP contribution in [0.3, 0.4) is 0 Å². The van der Waals surface area contributed by atoms with Crippen molar-refractivity contribution in [3.63, 3.8) is 0 Å². The van der Waals surface area contributed by atoms with Crippen LogP contribution in [0.25, 0.3) is 21.6 Å². The molecule has 0 unspecified atom stereocenters. The molecule has 0 bridgehead atoms. The first-order chi connectivity index (χ1) is 15.6. The summed E-state index contributed by atoms with van der Waals surface area (Å²) in [5, 5.41) is 15.5. The van der Waals surface area contributed by atoms with E-state index in [2.05, 4.69) is 15.3 Å². The molecule has 0 saturated heterocycles. The summed E-state index contributed by atoms with van der Waals surface area (Å²) >= 11 is 0. The number of fused-ring (bicyclic) bond motifs is 3. The third-order valence-corrected chi connectivity index (χ3v) is 5.44. The van der Waals surface area contributed by atoms with E-state index in [9.17, 15) is 14.7 Å². The van der Waals surface area contributed by atoms with Gasteiger partial charge in [0.2, 0.25) is 0 Å². The average Bonchev–Trinajstić information content (AvgIpc) is 3.11. The van der Waals surface area contributed by atoms with Gasteiger partial charge in [-0.25, -0.2) is 9.59 Å². The molecule has 0 radical (unpaired) electrons. The smallest absolute Gasteiger partial charge is 0.407 e. The number of rotatable bonds is 7. The quantitative estimate of drug-likeness (QED) is 0.306. The third kappa shape index (κ3) is 4.40. The molecule has 8 nitrogen and oxygen atoms in total. The third-order valence-electron chi connectivity index (χ3n) is 5.44. The van der Waals surface area contributed by atoms with E-state index in [1.807, 2.05) is 48.5 Å². The second kappa shape index (κ2) is 9.24. The van der Waals surface area contributed by atoms with E-state index in [0.717, 1.165) is 22.3 Å². The summed E-state index contributed by atoms with van der Waals surface area (Å²) in [6.45, 7) is 0.0958. The Morgan fingerprint density at radius 3 is 2.31 bits per heavy atom. The molecule has 0 fully saturated rings. The molecule has 0 heterocycles. The van der Waals surface area contributed by atoms with Crippen molar-refractivity contribution >= 4 is 17.7 Å². The van der Waals surface area contributed by atoms with Gasteiger partial charge in [-0.3, -0.25) is 0 Å². The van der Waals surface area contributed by atoms with E-state index in [4.69, 9.17) is 10.3 Å². The minimum atomic E-state index is -1.19. The highest BCUT2D eigenvalue weighted by atomic mass is 16.5. The number of amides is 1. The van der Waals surface area contributed by atoms with Crippen LogP contribution < -0.4 is 5.32 Å². The molecule has 1 aliphatic carbocycles. The van der Waals surface area contributed by atoms with Gasteiger partial charge in [0, 0.05) is 22.9 Å². The van der Waals surface area contributed by atoms with Crippen molar-refractivity contribution in [1.29, 1.82) is 0 Å². The number of hydrogen-bond donors (Lipinski definition) is 2. The molecule has 2 N–H and O–H groups in total. The normalized spacial score (nSPS) is 12.8. The van der Waals surface area contributed by atoms with Crippen LogP contribution in [0, 0.1) is 0 Å². The number of azide groups is 1. The average molecular weight is 428 g/mol. The van der Waals surface area contributed by atoms with Crippen LogP contribution in [-0.4, -0.2) is 29.8 Å². The molecule has 160 valence electrons. The van der Waals surface area contributed by atoms with Gasteiger partial charge in [0.05, 0.1) is 0 Å². The zero-order chi connectivity index (χ0) is 22.5. The molecule has 4 rings (SSSR count). The highest BCUT2D eigenvalue weighted by molar-refractivity contribution is 5.81. The van der Waals surface area contributed by atoms with Gasteiger partial charge in [0.15, 0.2) is 0 Å². The monoisotopic (exact) mass is 428 g/mol. The van der Waals surface area contributed by atoms with Crippen molar-refractivity contribution in [3.05, 3.63) is 99.9 Å². The maximum Gasteiger partial charge on any atom is 0.407 e. The second-order valence-electron chi connectivity index (χ2n) is 7.42. The predicted molar refractivity (Wildman–Crippen MR) is 119 cm³/mol. The summed E-state index contributed by atoms with van der Waals surface area (Å²) in [5.74, 6) is -1.30. The van der Waals surface area contributed by atoms with Gasteiger partial charge in [-0.15, -0.1) is 0 Å². The number of benzene rings is 3. The Hall–Kier alpha value is -4.29. The molecule has 32 heavy (non-hydrogen) atoms. The molecule has 0 aliphatic heterocycles. The van der Waals surface area contributed by atoms with E-state index < -0.39 is 18.1 Å².